The predicted molar refractivity (Wildman–Crippen MR) is 108 cm³/mol. The van der Waals surface area contributed by atoms with E-state index in [4.69, 9.17) is 4.74 Å². The second-order valence-electron chi connectivity index (χ2n) is 7.17. The van der Waals surface area contributed by atoms with Crippen LogP contribution in [0.4, 0.5) is 23.2 Å². The van der Waals surface area contributed by atoms with E-state index in [0.717, 1.165) is 5.56 Å². The quantitative estimate of drug-likeness (QED) is 0.472. The highest BCUT2D eigenvalue weighted by Crippen LogP contribution is 2.27. The highest BCUT2D eigenvalue weighted by atomic mass is 19.4. The molecule has 1 amide bonds. The molecule has 0 aromatic heterocycles. The number of nitrogens with one attached hydrogen (secondary N) is 1. The Labute approximate surface area is 176 Å². The maximum atomic E-state index is 13.0. The van der Waals surface area contributed by atoms with Gasteiger partial charge < -0.3 is 14.8 Å². The maximum absolute atomic E-state index is 13.0. The number of carbonyl (C=O) groups excluding carboxylic acids is 1. The van der Waals surface area contributed by atoms with E-state index < -0.39 is 23.7 Å². The average Bonchev–Trinajstić information content (AvgIpc) is 2.69. The Morgan fingerprint density at radius 2 is 1.19 bits per heavy atom. The van der Waals surface area contributed by atoms with Gasteiger partial charge in [-0.1, -0.05) is 24.3 Å². The molecule has 0 saturated carbocycles. The van der Waals surface area contributed by atoms with Crippen LogP contribution in [0, 0.1) is 5.82 Å². The van der Waals surface area contributed by atoms with E-state index in [9.17, 15) is 22.4 Å². The molecule has 0 bridgehead atoms. The Kier molecular flexibility index (Phi) is 6.19. The molecule has 0 unspecified atom stereocenters. The predicted octanol–water partition coefficient (Wildman–Crippen LogP) is 6.19. The van der Waals surface area contributed by atoms with Crippen molar-refractivity contribution >= 4 is 11.6 Å². The molecule has 8 heteroatoms. The molecule has 0 spiro atoms. The minimum Gasteiger partial charge on any atom is -0.478 e. The molecule has 0 aliphatic heterocycles. The molecule has 31 heavy (non-hydrogen) atoms. The zero-order valence-corrected chi connectivity index (χ0v) is 16.7. The number of ether oxygens (including phenoxy) is 2. The molecule has 0 aliphatic rings. The van der Waals surface area contributed by atoms with Crippen molar-refractivity contribution in [2.45, 2.75) is 25.8 Å². The molecule has 3 rings (SSSR count). The summed E-state index contributed by atoms with van der Waals surface area (Å²) in [6.07, 6.45) is -4.74. The maximum Gasteiger partial charge on any atom is 0.573 e. The van der Waals surface area contributed by atoms with Gasteiger partial charge in [0.05, 0.1) is 0 Å². The number of rotatable bonds is 6. The van der Waals surface area contributed by atoms with Crippen molar-refractivity contribution in [1.29, 1.82) is 0 Å². The molecule has 162 valence electrons. The molecule has 3 aromatic rings. The molecular weight excluding hydrogens is 414 g/mol. The molecule has 3 aromatic carbocycles. The lowest BCUT2D eigenvalue weighted by atomic mass is 10.0. The van der Waals surface area contributed by atoms with Gasteiger partial charge in [0.1, 0.15) is 17.3 Å². The van der Waals surface area contributed by atoms with Crippen LogP contribution >= 0.6 is 0 Å². The first-order valence-electron chi connectivity index (χ1n) is 9.24. The summed E-state index contributed by atoms with van der Waals surface area (Å²) >= 11 is 0. The van der Waals surface area contributed by atoms with Crippen LogP contribution in [0.1, 0.15) is 13.8 Å². The fourth-order valence-corrected chi connectivity index (χ4v) is 2.72. The topological polar surface area (TPSA) is 47.6 Å². The van der Waals surface area contributed by atoms with Crippen LogP contribution in [0.3, 0.4) is 0 Å². The molecule has 0 radical (unpaired) electrons. The average molecular weight is 433 g/mol. The molecule has 4 nitrogen and oxygen atoms in total. The Bertz CT molecular complexity index is 1030. The van der Waals surface area contributed by atoms with Crippen molar-refractivity contribution in [2.75, 3.05) is 5.32 Å². The summed E-state index contributed by atoms with van der Waals surface area (Å²) in [5, 5.41) is 2.74. The van der Waals surface area contributed by atoms with E-state index in [-0.39, 0.29) is 5.75 Å². The Morgan fingerprint density at radius 1 is 0.742 bits per heavy atom. The Hall–Kier alpha value is -3.55. The van der Waals surface area contributed by atoms with Crippen LogP contribution < -0.4 is 14.8 Å². The number of benzene rings is 3. The first kappa shape index (κ1) is 22.1. The molecule has 1 N–H and O–H groups in total. The highest BCUT2D eigenvalue weighted by molar-refractivity contribution is 5.97. The number of amides is 1. The van der Waals surface area contributed by atoms with Crippen LogP contribution in [0.5, 0.6) is 11.5 Å². The fourth-order valence-electron chi connectivity index (χ4n) is 2.72. The van der Waals surface area contributed by atoms with Gasteiger partial charge in [-0.3, -0.25) is 4.79 Å². The normalized spacial score (nSPS) is 11.7. The molecule has 0 heterocycles. The zero-order valence-electron chi connectivity index (χ0n) is 16.7. The van der Waals surface area contributed by atoms with Crippen molar-refractivity contribution in [1.82, 2.24) is 0 Å². The molecule has 0 saturated heterocycles. The lowest BCUT2D eigenvalue weighted by Gasteiger charge is -2.25. The van der Waals surface area contributed by atoms with Crippen LogP contribution in [0.15, 0.2) is 72.8 Å². The van der Waals surface area contributed by atoms with E-state index in [1.165, 1.54) is 48.5 Å². The summed E-state index contributed by atoms with van der Waals surface area (Å²) in [5.74, 6) is -0.756. The number of halogens is 4. The second-order valence-corrected chi connectivity index (χ2v) is 7.17. The van der Waals surface area contributed by atoms with Gasteiger partial charge in [0.15, 0.2) is 5.60 Å². The standard InChI is InChI=1S/C23H19F4NO3/c1-22(2,30-19-13-7-17(24)8-14-19)21(29)28-18-9-3-15(4-10-18)16-5-11-20(12-6-16)31-23(25,26)27/h3-14H,1-2H3,(H,28,29). The van der Waals surface area contributed by atoms with Gasteiger partial charge in [0.2, 0.25) is 0 Å². The number of alkyl halides is 3. The van der Waals surface area contributed by atoms with E-state index >= 15 is 0 Å². The summed E-state index contributed by atoms with van der Waals surface area (Å²) < 4.78 is 59.3. The van der Waals surface area contributed by atoms with Gasteiger partial charge in [0, 0.05) is 5.69 Å². The third-order valence-electron chi connectivity index (χ3n) is 4.30. The smallest absolute Gasteiger partial charge is 0.478 e. The van der Waals surface area contributed by atoms with Gasteiger partial charge in [-0.15, -0.1) is 13.2 Å². The summed E-state index contributed by atoms with van der Waals surface area (Å²) in [4.78, 5) is 12.6. The minimum absolute atomic E-state index is 0.302. The third kappa shape index (κ3) is 6.21. The van der Waals surface area contributed by atoms with E-state index in [1.54, 1.807) is 38.1 Å². The largest absolute Gasteiger partial charge is 0.573 e. The van der Waals surface area contributed by atoms with E-state index in [1.807, 2.05) is 0 Å². The first-order valence-corrected chi connectivity index (χ1v) is 9.24. The minimum atomic E-state index is -4.74. The van der Waals surface area contributed by atoms with Gasteiger partial charge in [-0.2, -0.15) is 0 Å². The van der Waals surface area contributed by atoms with Gasteiger partial charge in [-0.05, 0) is 73.5 Å². The van der Waals surface area contributed by atoms with Crippen molar-refractivity contribution in [2.24, 2.45) is 0 Å². The van der Waals surface area contributed by atoms with Crippen LogP contribution in [-0.4, -0.2) is 17.9 Å². The van der Waals surface area contributed by atoms with Crippen LogP contribution in [0.2, 0.25) is 0 Å². The van der Waals surface area contributed by atoms with Gasteiger partial charge in [-0.25, -0.2) is 4.39 Å². The molecule has 0 atom stereocenters. The zero-order chi connectivity index (χ0) is 22.6. The van der Waals surface area contributed by atoms with Crippen molar-refractivity contribution in [3.8, 4) is 22.6 Å². The third-order valence-corrected chi connectivity index (χ3v) is 4.30. The number of anilines is 1. The molecule has 0 aliphatic carbocycles. The van der Waals surface area contributed by atoms with Crippen LogP contribution in [0.25, 0.3) is 11.1 Å². The van der Waals surface area contributed by atoms with Crippen LogP contribution in [-0.2, 0) is 4.79 Å². The van der Waals surface area contributed by atoms with Gasteiger partial charge in [0.25, 0.3) is 5.91 Å². The highest BCUT2D eigenvalue weighted by Gasteiger charge is 2.31. The lowest BCUT2D eigenvalue weighted by Crippen LogP contribution is -2.42. The molecular formula is C23H19F4NO3. The number of hydrogen-bond donors (Lipinski definition) is 1. The van der Waals surface area contributed by atoms with Crippen molar-refractivity contribution in [3.63, 3.8) is 0 Å². The fraction of sp³-hybridized carbons (Fsp3) is 0.174. The van der Waals surface area contributed by atoms with Gasteiger partial charge >= 0.3 is 6.36 Å². The Morgan fingerprint density at radius 3 is 1.71 bits per heavy atom. The SMILES string of the molecule is CC(C)(Oc1ccc(F)cc1)C(=O)Nc1ccc(-c2ccc(OC(F)(F)F)cc2)cc1. The second kappa shape index (κ2) is 8.67. The van der Waals surface area contributed by atoms with E-state index in [0.29, 0.717) is 17.0 Å². The number of hydrogen-bond acceptors (Lipinski definition) is 3. The summed E-state index contributed by atoms with van der Waals surface area (Å²) in [6, 6.07) is 17.6. The number of carbonyl (C=O) groups is 1. The Balaban J connectivity index is 1.64. The molecule has 0 fully saturated rings. The monoisotopic (exact) mass is 433 g/mol. The summed E-state index contributed by atoms with van der Waals surface area (Å²) in [7, 11) is 0. The summed E-state index contributed by atoms with van der Waals surface area (Å²) in [6.45, 7) is 3.18. The summed E-state index contributed by atoms with van der Waals surface area (Å²) in [5.41, 5.74) is 0.734. The van der Waals surface area contributed by atoms with Crippen molar-refractivity contribution < 1.29 is 31.8 Å². The van der Waals surface area contributed by atoms with E-state index in [2.05, 4.69) is 10.1 Å². The lowest BCUT2D eigenvalue weighted by molar-refractivity contribution is -0.274. The first-order chi connectivity index (χ1) is 14.5. The van der Waals surface area contributed by atoms with Crippen molar-refractivity contribution in [3.05, 3.63) is 78.6 Å².